The first-order chi connectivity index (χ1) is 11.1. The van der Waals surface area contributed by atoms with Gasteiger partial charge in [0.25, 0.3) is 5.91 Å². The van der Waals surface area contributed by atoms with E-state index >= 15 is 0 Å². The summed E-state index contributed by atoms with van der Waals surface area (Å²) in [5.74, 6) is -0.450. The molecule has 2 aromatic carbocycles. The molecule has 4 nitrogen and oxygen atoms in total. The van der Waals surface area contributed by atoms with Gasteiger partial charge in [0.1, 0.15) is 11.6 Å². The normalized spacial score (nSPS) is 13.8. The van der Waals surface area contributed by atoms with E-state index in [1.54, 1.807) is 0 Å². The molecule has 0 saturated heterocycles. The molecular weight excluding hydrogens is 319 g/mol. The molecule has 0 unspecified atom stereocenters. The molecule has 0 aliphatic carbocycles. The molecule has 1 aliphatic heterocycles. The van der Waals surface area contributed by atoms with E-state index in [2.05, 4.69) is 5.10 Å². The largest absolute Gasteiger partial charge is 0.482 e. The van der Waals surface area contributed by atoms with Crippen LogP contribution in [0.15, 0.2) is 53.6 Å². The Morgan fingerprint density at radius 2 is 2.04 bits per heavy atom. The van der Waals surface area contributed by atoms with Gasteiger partial charge in [0.2, 0.25) is 0 Å². The summed E-state index contributed by atoms with van der Waals surface area (Å²) in [5.41, 5.74) is 1.88. The van der Waals surface area contributed by atoms with Crippen LogP contribution in [-0.2, 0) is 4.79 Å². The second-order valence-electron chi connectivity index (χ2n) is 5.04. The van der Waals surface area contributed by atoms with Gasteiger partial charge in [-0.25, -0.2) is 9.40 Å². The van der Waals surface area contributed by atoms with E-state index in [4.69, 9.17) is 16.3 Å². The molecule has 0 atom stereocenters. The maximum Gasteiger partial charge on any atom is 0.280 e. The molecule has 3 rings (SSSR count). The summed E-state index contributed by atoms with van der Waals surface area (Å²) in [6, 6.07) is 13.5. The molecule has 0 fully saturated rings. The molecule has 23 heavy (non-hydrogen) atoms. The number of nitrogens with zero attached hydrogens (tertiary/aromatic N) is 2. The summed E-state index contributed by atoms with van der Waals surface area (Å²) < 4.78 is 18.3. The summed E-state index contributed by atoms with van der Waals surface area (Å²) in [6.07, 6.45) is 0.701. The Morgan fingerprint density at radius 3 is 2.78 bits per heavy atom. The molecule has 0 spiro atoms. The third-order valence-corrected chi connectivity index (χ3v) is 3.74. The van der Waals surface area contributed by atoms with E-state index in [1.165, 1.54) is 17.1 Å². The number of rotatable bonds is 4. The maximum absolute atomic E-state index is 13.0. The fourth-order valence-corrected chi connectivity index (χ4v) is 2.50. The van der Waals surface area contributed by atoms with Gasteiger partial charge >= 0.3 is 0 Å². The van der Waals surface area contributed by atoms with Gasteiger partial charge in [-0.1, -0.05) is 41.9 Å². The predicted octanol–water partition coefficient (Wildman–Crippen LogP) is 3.49. The van der Waals surface area contributed by atoms with Crippen molar-refractivity contribution in [2.24, 2.45) is 5.10 Å². The lowest BCUT2D eigenvalue weighted by molar-refractivity contribution is -0.132. The van der Waals surface area contributed by atoms with E-state index in [0.29, 0.717) is 13.0 Å². The molecule has 0 radical (unpaired) electrons. The molecule has 2 aromatic rings. The Bertz CT molecular complexity index is 750. The molecule has 1 heterocycles. The Kier molecular flexibility index (Phi) is 4.57. The first kappa shape index (κ1) is 15.5. The highest BCUT2D eigenvalue weighted by Crippen LogP contribution is 2.25. The topological polar surface area (TPSA) is 41.9 Å². The van der Waals surface area contributed by atoms with Gasteiger partial charge in [0.05, 0.1) is 17.3 Å². The van der Waals surface area contributed by atoms with Crippen molar-refractivity contribution in [2.45, 2.75) is 6.42 Å². The first-order valence-corrected chi connectivity index (χ1v) is 7.52. The number of halogens is 2. The second kappa shape index (κ2) is 6.79. The minimum absolute atomic E-state index is 0.132. The highest BCUT2D eigenvalue weighted by atomic mass is 35.5. The van der Waals surface area contributed by atoms with Gasteiger partial charge in [-0.05, 0) is 23.8 Å². The van der Waals surface area contributed by atoms with Crippen LogP contribution in [0, 0.1) is 5.82 Å². The van der Waals surface area contributed by atoms with Crippen molar-refractivity contribution in [3.8, 4) is 5.75 Å². The van der Waals surface area contributed by atoms with Crippen molar-refractivity contribution >= 4 is 23.2 Å². The predicted molar refractivity (Wildman–Crippen MR) is 86.2 cm³/mol. The molecule has 1 aliphatic rings. The van der Waals surface area contributed by atoms with Crippen molar-refractivity contribution < 1.29 is 13.9 Å². The smallest absolute Gasteiger partial charge is 0.280 e. The Hall–Kier alpha value is -2.40. The number of hydrogen-bond donors (Lipinski definition) is 0. The van der Waals surface area contributed by atoms with Crippen LogP contribution < -0.4 is 4.74 Å². The number of carbonyl (C=O) groups is 1. The Morgan fingerprint density at radius 1 is 1.26 bits per heavy atom. The monoisotopic (exact) mass is 332 g/mol. The van der Waals surface area contributed by atoms with Gasteiger partial charge in [0.15, 0.2) is 6.61 Å². The van der Waals surface area contributed by atoms with E-state index in [-0.39, 0.29) is 23.3 Å². The molecule has 0 saturated carbocycles. The quantitative estimate of drug-likeness (QED) is 0.860. The van der Waals surface area contributed by atoms with Crippen molar-refractivity contribution in [1.82, 2.24) is 5.01 Å². The molecule has 118 valence electrons. The van der Waals surface area contributed by atoms with Gasteiger partial charge < -0.3 is 4.74 Å². The Balaban J connectivity index is 1.62. The van der Waals surface area contributed by atoms with Crippen molar-refractivity contribution in [3.05, 3.63) is 64.9 Å². The van der Waals surface area contributed by atoms with Crippen LogP contribution in [0.3, 0.4) is 0 Å². The van der Waals surface area contributed by atoms with Crippen LogP contribution in [-0.4, -0.2) is 29.8 Å². The van der Waals surface area contributed by atoms with Crippen LogP contribution in [0.5, 0.6) is 5.75 Å². The third-order valence-electron chi connectivity index (χ3n) is 3.44. The van der Waals surface area contributed by atoms with E-state index in [1.807, 2.05) is 30.3 Å². The van der Waals surface area contributed by atoms with Crippen LogP contribution >= 0.6 is 11.6 Å². The molecule has 6 heteroatoms. The summed E-state index contributed by atoms with van der Waals surface area (Å²) >= 11 is 5.86. The number of hydrazone groups is 1. The highest BCUT2D eigenvalue weighted by Gasteiger charge is 2.22. The fourth-order valence-electron chi connectivity index (χ4n) is 2.28. The fraction of sp³-hybridized carbons (Fsp3) is 0.176. The van der Waals surface area contributed by atoms with Crippen LogP contribution in [0.2, 0.25) is 5.02 Å². The third kappa shape index (κ3) is 3.68. The van der Waals surface area contributed by atoms with E-state index in [0.717, 1.165) is 17.3 Å². The summed E-state index contributed by atoms with van der Waals surface area (Å²) in [5, 5.41) is 5.86. The minimum Gasteiger partial charge on any atom is -0.482 e. The van der Waals surface area contributed by atoms with Crippen LogP contribution in [0.25, 0.3) is 0 Å². The zero-order chi connectivity index (χ0) is 16.2. The van der Waals surface area contributed by atoms with Gasteiger partial charge in [0, 0.05) is 6.42 Å². The van der Waals surface area contributed by atoms with Crippen LogP contribution in [0.1, 0.15) is 12.0 Å². The van der Waals surface area contributed by atoms with Crippen LogP contribution in [0.4, 0.5) is 4.39 Å². The number of hydrogen-bond acceptors (Lipinski definition) is 3. The second-order valence-corrected chi connectivity index (χ2v) is 5.45. The number of amides is 1. The lowest BCUT2D eigenvalue weighted by Gasteiger charge is -2.12. The standard InChI is InChI=1S/C17H14ClFN2O2/c18-14-10-13(19)6-7-16(14)23-11-17(22)21-9-8-15(20-21)12-4-2-1-3-5-12/h1-7,10H,8-9,11H2. The molecule has 1 amide bonds. The first-order valence-electron chi connectivity index (χ1n) is 7.14. The minimum atomic E-state index is -0.453. The number of carbonyl (C=O) groups excluding carboxylic acids is 1. The van der Waals surface area contributed by atoms with Gasteiger partial charge in [-0.15, -0.1) is 0 Å². The maximum atomic E-state index is 13.0. The average Bonchev–Trinajstić information content (AvgIpc) is 3.05. The zero-order valence-electron chi connectivity index (χ0n) is 12.2. The Labute approximate surface area is 138 Å². The SMILES string of the molecule is O=C(COc1ccc(F)cc1Cl)N1CCC(c2ccccc2)=N1. The highest BCUT2D eigenvalue weighted by molar-refractivity contribution is 6.32. The van der Waals surface area contributed by atoms with Gasteiger partial charge in [-0.2, -0.15) is 5.10 Å². The van der Waals surface area contributed by atoms with Crippen molar-refractivity contribution in [3.63, 3.8) is 0 Å². The zero-order valence-corrected chi connectivity index (χ0v) is 13.0. The number of ether oxygens (including phenoxy) is 1. The average molecular weight is 333 g/mol. The van der Waals surface area contributed by atoms with Crippen molar-refractivity contribution in [2.75, 3.05) is 13.2 Å². The molecule has 0 N–H and O–H groups in total. The molecule has 0 bridgehead atoms. The number of benzene rings is 2. The van der Waals surface area contributed by atoms with Crippen molar-refractivity contribution in [1.29, 1.82) is 0 Å². The summed E-state index contributed by atoms with van der Waals surface area (Å²) in [7, 11) is 0. The van der Waals surface area contributed by atoms with E-state index in [9.17, 15) is 9.18 Å². The summed E-state index contributed by atoms with van der Waals surface area (Å²) in [6.45, 7) is 0.320. The molecular formula is C17H14ClFN2O2. The lowest BCUT2D eigenvalue weighted by atomic mass is 10.1. The summed E-state index contributed by atoms with van der Waals surface area (Å²) in [4.78, 5) is 12.2. The van der Waals surface area contributed by atoms with E-state index < -0.39 is 5.82 Å². The van der Waals surface area contributed by atoms with Gasteiger partial charge in [-0.3, -0.25) is 4.79 Å². The molecule has 0 aromatic heterocycles. The lowest BCUT2D eigenvalue weighted by Crippen LogP contribution is -2.28.